The summed E-state index contributed by atoms with van der Waals surface area (Å²) in [6, 6.07) is 6.58. The number of hydrogen-bond acceptors (Lipinski definition) is 3. The maximum atomic E-state index is 10.5. The van der Waals surface area contributed by atoms with Crippen molar-refractivity contribution >= 4 is 22.9 Å². The van der Waals surface area contributed by atoms with E-state index in [2.05, 4.69) is 5.32 Å². The van der Waals surface area contributed by atoms with E-state index >= 15 is 0 Å². The molecule has 1 aliphatic rings. The Kier molecular flexibility index (Phi) is 4.85. The van der Waals surface area contributed by atoms with Gasteiger partial charge in [-0.3, -0.25) is 10.1 Å². The van der Waals surface area contributed by atoms with Crippen molar-refractivity contribution < 1.29 is 4.92 Å². The molecule has 0 saturated heterocycles. The topological polar surface area (TPSA) is 55.2 Å². The van der Waals surface area contributed by atoms with Gasteiger partial charge in [-0.2, -0.15) is 0 Å². The Labute approximate surface area is 118 Å². The second kappa shape index (κ2) is 6.61. The van der Waals surface area contributed by atoms with Crippen molar-refractivity contribution in [3.63, 3.8) is 0 Å². The summed E-state index contributed by atoms with van der Waals surface area (Å²) in [6.45, 7) is 0.710. The van der Waals surface area contributed by atoms with E-state index in [1.165, 1.54) is 12.1 Å². The Bertz CT molecular complexity index is 453. The van der Waals surface area contributed by atoms with Gasteiger partial charge in [-0.05, 0) is 37.7 Å². The summed E-state index contributed by atoms with van der Waals surface area (Å²) < 4.78 is 0. The summed E-state index contributed by atoms with van der Waals surface area (Å²) >= 11 is 5.24. The molecule has 1 aliphatic carbocycles. The Morgan fingerprint density at radius 2 is 1.84 bits per heavy atom. The molecule has 1 saturated carbocycles. The molecule has 0 bridgehead atoms. The van der Waals surface area contributed by atoms with Gasteiger partial charge in [-0.15, -0.1) is 0 Å². The number of nitro groups is 1. The molecule has 1 aromatic rings. The standard InChI is InChI=1S/C14H13N2O2S/c17-16(18)13-7-5-11(6-8-13)9-10-15-14(19)12-3-1-2-4-12/h1-8H,9-10H2,(H,15,19). The van der Waals surface area contributed by atoms with Crippen LogP contribution in [0.25, 0.3) is 0 Å². The van der Waals surface area contributed by atoms with Gasteiger partial charge >= 0.3 is 0 Å². The van der Waals surface area contributed by atoms with Crippen molar-refractivity contribution in [3.05, 3.63) is 71.5 Å². The fourth-order valence-corrected chi connectivity index (χ4v) is 1.97. The molecule has 5 radical (unpaired) electrons. The summed E-state index contributed by atoms with van der Waals surface area (Å²) in [5.41, 5.74) is 1.16. The van der Waals surface area contributed by atoms with Crippen LogP contribution in [-0.4, -0.2) is 16.5 Å². The van der Waals surface area contributed by atoms with Gasteiger partial charge in [0.15, 0.2) is 0 Å². The third kappa shape index (κ3) is 3.99. The molecule has 0 atom stereocenters. The van der Waals surface area contributed by atoms with Crippen LogP contribution in [-0.2, 0) is 6.42 Å². The van der Waals surface area contributed by atoms with Gasteiger partial charge in [0.05, 0.1) is 9.91 Å². The molecule has 19 heavy (non-hydrogen) atoms. The molecule has 1 N–H and O–H groups in total. The summed E-state index contributed by atoms with van der Waals surface area (Å²) in [6.07, 6.45) is 8.58. The van der Waals surface area contributed by atoms with Gasteiger partial charge in [0, 0.05) is 24.6 Å². The molecular formula is C14H13N2O2S. The highest BCUT2D eigenvalue weighted by Crippen LogP contribution is 2.23. The van der Waals surface area contributed by atoms with Crippen molar-refractivity contribution in [2.24, 2.45) is 0 Å². The zero-order valence-corrected chi connectivity index (χ0v) is 11.0. The van der Waals surface area contributed by atoms with E-state index in [1.54, 1.807) is 12.1 Å². The van der Waals surface area contributed by atoms with Crippen molar-refractivity contribution in [2.45, 2.75) is 6.42 Å². The van der Waals surface area contributed by atoms with Crippen LogP contribution < -0.4 is 5.32 Å². The normalized spacial score (nSPS) is 15.4. The molecule has 0 amide bonds. The van der Waals surface area contributed by atoms with Crippen molar-refractivity contribution in [2.75, 3.05) is 6.54 Å². The Balaban J connectivity index is 1.75. The predicted octanol–water partition coefficient (Wildman–Crippen LogP) is 2.46. The zero-order valence-electron chi connectivity index (χ0n) is 10.2. The third-order valence-corrected chi connectivity index (χ3v) is 3.15. The SMILES string of the molecule is O=[N+]([O-])c1ccc(CCNC(=S)[C]2[CH][CH][CH][CH]2)cc1. The van der Waals surface area contributed by atoms with Gasteiger partial charge in [-0.25, -0.2) is 0 Å². The minimum atomic E-state index is -0.396. The quantitative estimate of drug-likeness (QED) is 0.508. The average Bonchev–Trinajstić information content (AvgIpc) is 2.93. The Morgan fingerprint density at radius 1 is 1.21 bits per heavy atom. The van der Waals surface area contributed by atoms with Crippen molar-refractivity contribution in [1.29, 1.82) is 0 Å². The van der Waals surface area contributed by atoms with Crippen molar-refractivity contribution in [3.8, 4) is 0 Å². The fourth-order valence-electron chi connectivity index (χ4n) is 1.73. The molecule has 0 unspecified atom stereocenters. The second-order valence-corrected chi connectivity index (χ2v) is 4.51. The van der Waals surface area contributed by atoms with E-state index in [-0.39, 0.29) is 5.69 Å². The number of nitrogens with one attached hydrogen (secondary N) is 1. The van der Waals surface area contributed by atoms with E-state index in [1.807, 2.05) is 25.7 Å². The number of benzene rings is 1. The maximum absolute atomic E-state index is 10.5. The highest BCUT2D eigenvalue weighted by Gasteiger charge is 2.20. The number of rotatable bonds is 5. The Hall–Kier alpha value is -1.49. The van der Waals surface area contributed by atoms with Crippen LogP contribution >= 0.6 is 12.2 Å². The Morgan fingerprint density at radius 3 is 2.42 bits per heavy atom. The third-order valence-electron chi connectivity index (χ3n) is 2.77. The van der Waals surface area contributed by atoms with E-state index in [4.69, 9.17) is 12.2 Å². The highest BCUT2D eigenvalue weighted by molar-refractivity contribution is 7.80. The van der Waals surface area contributed by atoms with Crippen LogP contribution in [0.3, 0.4) is 0 Å². The van der Waals surface area contributed by atoms with Gasteiger partial charge in [-0.1, -0.05) is 24.4 Å². The largest absolute Gasteiger partial charge is 0.379 e. The van der Waals surface area contributed by atoms with Gasteiger partial charge in [0.2, 0.25) is 0 Å². The maximum Gasteiger partial charge on any atom is 0.269 e. The summed E-state index contributed by atoms with van der Waals surface area (Å²) in [7, 11) is 0. The van der Waals surface area contributed by atoms with Gasteiger partial charge in [0.1, 0.15) is 0 Å². The lowest BCUT2D eigenvalue weighted by molar-refractivity contribution is -0.384. The van der Waals surface area contributed by atoms with Crippen LogP contribution in [0.4, 0.5) is 5.69 Å². The smallest absolute Gasteiger partial charge is 0.269 e. The van der Waals surface area contributed by atoms with E-state index in [0.717, 1.165) is 22.9 Å². The molecule has 0 heterocycles. The number of nitro benzene ring substituents is 1. The first-order chi connectivity index (χ1) is 9.16. The molecular weight excluding hydrogens is 260 g/mol. The number of nitrogens with zero attached hydrogens (tertiary/aromatic N) is 1. The highest BCUT2D eigenvalue weighted by atomic mass is 32.1. The second-order valence-electron chi connectivity index (χ2n) is 4.10. The van der Waals surface area contributed by atoms with E-state index in [9.17, 15) is 10.1 Å². The first-order valence-electron chi connectivity index (χ1n) is 5.90. The molecule has 97 valence electrons. The molecule has 0 aromatic heterocycles. The van der Waals surface area contributed by atoms with Crippen LogP contribution in [0.15, 0.2) is 24.3 Å². The lowest BCUT2D eigenvalue weighted by Crippen LogP contribution is -2.28. The number of thiocarbonyl (C=S) groups is 1. The number of non-ortho nitro benzene ring substituents is 1. The first-order valence-corrected chi connectivity index (χ1v) is 6.31. The van der Waals surface area contributed by atoms with Crippen LogP contribution in [0.5, 0.6) is 0 Å². The molecule has 2 rings (SSSR count). The van der Waals surface area contributed by atoms with E-state index in [0.29, 0.717) is 6.54 Å². The molecule has 1 fully saturated rings. The molecule has 5 heteroatoms. The van der Waals surface area contributed by atoms with Crippen LogP contribution in [0.1, 0.15) is 5.56 Å². The number of hydrogen-bond donors (Lipinski definition) is 1. The minimum absolute atomic E-state index is 0.115. The van der Waals surface area contributed by atoms with Crippen LogP contribution in [0.2, 0.25) is 0 Å². The fraction of sp³-hybridized carbons (Fsp3) is 0.143. The first kappa shape index (κ1) is 13.9. The zero-order chi connectivity index (χ0) is 13.7. The average molecular weight is 273 g/mol. The summed E-state index contributed by atoms with van der Waals surface area (Å²) in [5.74, 6) is 1.01. The molecule has 1 aromatic carbocycles. The molecule has 0 spiro atoms. The van der Waals surface area contributed by atoms with Crippen LogP contribution in [0, 0.1) is 41.7 Å². The minimum Gasteiger partial charge on any atom is -0.379 e. The van der Waals surface area contributed by atoms with Gasteiger partial charge < -0.3 is 5.32 Å². The molecule has 0 aliphatic heterocycles. The molecule has 4 nitrogen and oxygen atoms in total. The van der Waals surface area contributed by atoms with E-state index < -0.39 is 4.92 Å². The van der Waals surface area contributed by atoms with Gasteiger partial charge in [0.25, 0.3) is 5.69 Å². The monoisotopic (exact) mass is 273 g/mol. The lowest BCUT2D eigenvalue weighted by Gasteiger charge is -2.12. The lowest BCUT2D eigenvalue weighted by atomic mass is 10.1. The predicted molar refractivity (Wildman–Crippen MR) is 77.8 cm³/mol. The summed E-state index contributed by atoms with van der Waals surface area (Å²) in [4.78, 5) is 10.9. The summed E-state index contributed by atoms with van der Waals surface area (Å²) in [5, 5.41) is 13.7. The van der Waals surface area contributed by atoms with Crippen molar-refractivity contribution in [1.82, 2.24) is 5.32 Å².